The Balaban J connectivity index is 1.29. The van der Waals surface area contributed by atoms with E-state index in [-0.39, 0.29) is 11.8 Å². The van der Waals surface area contributed by atoms with Crippen molar-refractivity contribution in [2.45, 2.75) is 70.4 Å². The Labute approximate surface area is 240 Å². The molecule has 0 atom stereocenters. The molecule has 1 aromatic heterocycles. The Hall–Kier alpha value is -3.51. The fourth-order valence-corrected chi connectivity index (χ4v) is 5.91. The van der Waals surface area contributed by atoms with E-state index in [1.54, 1.807) is 6.07 Å². The molecule has 0 bridgehead atoms. The first-order valence-corrected chi connectivity index (χ1v) is 14.6. The summed E-state index contributed by atoms with van der Waals surface area (Å²) >= 11 is 6.12. The Morgan fingerprint density at radius 3 is 2.42 bits per heavy atom. The molecular formula is C33H36ClN3O3. The Morgan fingerprint density at radius 1 is 1.02 bits per heavy atom. The molecule has 2 fully saturated rings. The van der Waals surface area contributed by atoms with Crippen LogP contribution in [0.15, 0.2) is 60.7 Å². The van der Waals surface area contributed by atoms with E-state index in [0.717, 1.165) is 35.2 Å². The van der Waals surface area contributed by atoms with Gasteiger partial charge in [-0.3, -0.25) is 4.68 Å². The zero-order valence-corrected chi connectivity index (χ0v) is 24.1. The van der Waals surface area contributed by atoms with Crippen molar-refractivity contribution in [1.29, 1.82) is 0 Å². The second-order valence-electron chi connectivity index (χ2n) is 12.1. The van der Waals surface area contributed by atoms with E-state index in [9.17, 15) is 9.90 Å². The summed E-state index contributed by atoms with van der Waals surface area (Å²) in [6.45, 7) is 7.05. The summed E-state index contributed by atoms with van der Waals surface area (Å²) in [4.78, 5) is 14.4. The van der Waals surface area contributed by atoms with Crippen LogP contribution in [-0.2, 0) is 11.2 Å². The van der Waals surface area contributed by atoms with Crippen molar-refractivity contribution in [1.82, 2.24) is 14.7 Å². The maximum Gasteiger partial charge on any atom is 0.410 e. The van der Waals surface area contributed by atoms with Crippen LogP contribution in [0.1, 0.15) is 75.2 Å². The molecule has 1 N–H and O–H groups in total. The molecule has 1 aliphatic carbocycles. The molecule has 6 nitrogen and oxygen atoms in total. The van der Waals surface area contributed by atoms with Crippen molar-refractivity contribution in [2.75, 3.05) is 13.1 Å². The zero-order valence-electron chi connectivity index (χ0n) is 23.4. The highest BCUT2D eigenvalue weighted by atomic mass is 35.5. The lowest BCUT2D eigenvalue weighted by atomic mass is 9.90. The van der Waals surface area contributed by atoms with E-state index >= 15 is 0 Å². The zero-order chi connectivity index (χ0) is 28.0. The molecule has 208 valence electrons. The molecule has 2 heterocycles. The molecule has 1 amide bonds. The first-order valence-electron chi connectivity index (χ1n) is 14.2. The highest BCUT2D eigenvalue weighted by Gasteiger charge is 2.32. The van der Waals surface area contributed by atoms with Crippen molar-refractivity contribution < 1.29 is 14.6 Å². The molecule has 4 aromatic rings. The van der Waals surface area contributed by atoms with Crippen LogP contribution in [-0.4, -0.2) is 44.6 Å². The van der Waals surface area contributed by atoms with Gasteiger partial charge in [-0.15, -0.1) is 0 Å². The predicted octanol–water partition coefficient (Wildman–Crippen LogP) is 8.10. The van der Waals surface area contributed by atoms with Gasteiger partial charge >= 0.3 is 6.09 Å². The maximum atomic E-state index is 12.6. The molecule has 6 rings (SSSR count). The first kappa shape index (κ1) is 26.7. The summed E-state index contributed by atoms with van der Waals surface area (Å²) in [5.41, 5.74) is 5.85. The summed E-state index contributed by atoms with van der Waals surface area (Å²) in [5, 5.41) is 17.8. The summed E-state index contributed by atoms with van der Waals surface area (Å²) in [7, 11) is 0. The molecule has 40 heavy (non-hydrogen) atoms. The smallest absolute Gasteiger partial charge is 0.410 e. The molecule has 7 heteroatoms. The van der Waals surface area contributed by atoms with Crippen LogP contribution in [0.5, 0.6) is 5.75 Å². The third-order valence-electron chi connectivity index (χ3n) is 7.88. The van der Waals surface area contributed by atoms with Gasteiger partial charge in [0, 0.05) is 35.0 Å². The molecular weight excluding hydrogens is 522 g/mol. The summed E-state index contributed by atoms with van der Waals surface area (Å²) in [6.07, 6.45) is 4.53. The normalized spacial score (nSPS) is 16.4. The standard InChI is InChI=1S/C33H36ClN3O3/c1-33(2,3)40-32(39)36-17-15-23(16-18-36)31-27-20-21(7-14-28(27)37(35-31)26-12-13-26)19-24-5-4-6-29(38)30(24)22-8-10-25(34)11-9-22/h4-11,14,20,23,26,38H,12-13,15-19H2,1-3H3. The number of carbonyl (C=O) groups excluding carboxylic acids is 1. The quantitative estimate of drug-likeness (QED) is 0.269. The first-order chi connectivity index (χ1) is 19.2. The third-order valence-corrected chi connectivity index (χ3v) is 8.13. The number of fused-ring (bicyclic) bond motifs is 1. The molecule has 2 aliphatic rings. The molecule has 1 saturated heterocycles. The molecule has 1 aliphatic heterocycles. The Morgan fingerprint density at radius 2 is 1.75 bits per heavy atom. The van der Waals surface area contributed by atoms with E-state index in [1.807, 2.05) is 56.0 Å². The van der Waals surface area contributed by atoms with Gasteiger partial charge in [0.05, 0.1) is 17.3 Å². The summed E-state index contributed by atoms with van der Waals surface area (Å²) in [5.74, 6) is 0.557. The number of piperidine rings is 1. The second kappa shape index (κ2) is 10.5. The maximum absolute atomic E-state index is 12.6. The fourth-order valence-electron chi connectivity index (χ4n) is 5.79. The molecule has 0 unspecified atom stereocenters. The van der Waals surface area contributed by atoms with Gasteiger partial charge in [-0.05, 0) is 99.9 Å². The SMILES string of the molecule is CC(C)(C)OC(=O)N1CCC(c2nn(C3CC3)c3ccc(Cc4cccc(O)c4-c4ccc(Cl)cc4)cc23)CC1. The van der Waals surface area contributed by atoms with E-state index in [0.29, 0.717) is 36.5 Å². The van der Waals surface area contributed by atoms with Gasteiger partial charge in [0.1, 0.15) is 11.4 Å². The van der Waals surface area contributed by atoms with Gasteiger partial charge in [-0.2, -0.15) is 5.10 Å². The van der Waals surface area contributed by atoms with Gasteiger partial charge in [-0.25, -0.2) is 4.79 Å². The number of phenols is 1. The number of amides is 1. The lowest BCUT2D eigenvalue weighted by Gasteiger charge is -2.33. The highest BCUT2D eigenvalue weighted by molar-refractivity contribution is 6.30. The average molecular weight is 558 g/mol. The number of nitrogens with zero attached hydrogens (tertiary/aromatic N) is 3. The largest absolute Gasteiger partial charge is 0.507 e. The van der Waals surface area contributed by atoms with Crippen molar-refractivity contribution in [3.05, 3.63) is 82.5 Å². The third kappa shape index (κ3) is 5.55. The molecule has 1 saturated carbocycles. The number of hydrogen-bond donors (Lipinski definition) is 1. The molecule has 0 radical (unpaired) electrons. The highest BCUT2D eigenvalue weighted by Crippen LogP contribution is 2.41. The average Bonchev–Trinajstić information content (AvgIpc) is 3.69. The van der Waals surface area contributed by atoms with Gasteiger partial charge < -0.3 is 14.7 Å². The number of aromatic hydroxyl groups is 1. The van der Waals surface area contributed by atoms with E-state index < -0.39 is 5.60 Å². The van der Waals surface area contributed by atoms with E-state index in [2.05, 4.69) is 28.9 Å². The Kier molecular flexibility index (Phi) is 6.99. The minimum Gasteiger partial charge on any atom is -0.507 e. The lowest BCUT2D eigenvalue weighted by Crippen LogP contribution is -2.41. The monoisotopic (exact) mass is 557 g/mol. The van der Waals surface area contributed by atoms with Gasteiger partial charge in [0.2, 0.25) is 0 Å². The Bertz CT molecular complexity index is 1540. The van der Waals surface area contributed by atoms with Crippen molar-refractivity contribution in [2.24, 2.45) is 0 Å². The van der Waals surface area contributed by atoms with Crippen LogP contribution in [0.25, 0.3) is 22.0 Å². The second-order valence-corrected chi connectivity index (χ2v) is 12.6. The van der Waals surface area contributed by atoms with Crippen LogP contribution in [0.4, 0.5) is 4.79 Å². The number of rotatable bonds is 5. The van der Waals surface area contributed by atoms with Crippen LogP contribution < -0.4 is 0 Å². The van der Waals surface area contributed by atoms with Crippen molar-refractivity contribution in [3.8, 4) is 16.9 Å². The number of phenolic OH excluding ortho intramolecular Hbond substituents is 1. The molecule has 3 aromatic carbocycles. The predicted molar refractivity (Wildman–Crippen MR) is 159 cm³/mol. The number of benzene rings is 3. The number of likely N-dealkylation sites (tertiary alicyclic amines) is 1. The summed E-state index contributed by atoms with van der Waals surface area (Å²) < 4.78 is 7.83. The van der Waals surface area contributed by atoms with Gasteiger partial charge in [-0.1, -0.05) is 41.9 Å². The number of ether oxygens (including phenoxy) is 1. The summed E-state index contributed by atoms with van der Waals surface area (Å²) in [6, 6.07) is 20.5. The van der Waals surface area contributed by atoms with Gasteiger partial charge in [0.25, 0.3) is 0 Å². The van der Waals surface area contributed by atoms with Crippen LogP contribution in [0, 0.1) is 0 Å². The fraction of sp³-hybridized carbons (Fsp3) is 0.394. The molecule has 0 spiro atoms. The van der Waals surface area contributed by atoms with Crippen LogP contribution in [0.2, 0.25) is 5.02 Å². The van der Waals surface area contributed by atoms with Crippen molar-refractivity contribution >= 4 is 28.6 Å². The minimum atomic E-state index is -0.494. The van der Waals surface area contributed by atoms with E-state index in [4.69, 9.17) is 21.4 Å². The van der Waals surface area contributed by atoms with Gasteiger partial charge in [0.15, 0.2) is 0 Å². The number of aromatic nitrogens is 2. The topological polar surface area (TPSA) is 67.6 Å². The van der Waals surface area contributed by atoms with Crippen LogP contribution in [0.3, 0.4) is 0 Å². The number of carbonyl (C=O) groups is 1. The number of hydrogen-bond acceptors (Lipinski definition) is 4. The van der Waals surface area contributed by atoms with E-state index in [1.165, 1.54) is 29.3 Å². The van der Waals surface area contributed by atoms with Crippen LogP contribution >= 0.6 is 11.6 Å². The lowest BCUT2D eigenvalue weighted by molar-refractivity contribution is 0.0204. The van der Waals surface area contributed by atoms with Crippen molar-refractivity contribution in [3.63, 3.8) is 0 Å². The number of halogens is 1. The minimum absolute atomic E-state index is 0.232.